The summed E-state index contributed by atoms with van der Waals surface area (Å²) < 4.78 is 18.4. The van der Waals surface area contributed by atoms with Crippen LogP contribution in [-0.4, -0.2) is 36.4 Å². The van der Waals surface area contributed by atoms with E-state index in [1.54, 1.807) is 42.5 Å². The molecule has 0 radical (unpaired) electrons. The van der Waals surface area contributed by atoms with Crippen molar-refractivity contribution in [2.24, 2.45) is 0 Å². The van der Waals surface area contributed by atoms with Gasteiger partial charge in [0.15, 0.2) is 0 Å². The molecule has 0 saturated carbocycles. The summed E-state index contributed by atoms with van der Waals surface area (Å²) in [7, 11) is 0. The van der Waals surface area contributed by atoms with Crippen molar-refractivity contribution in [2.75, 3.05) is 19.8 Å². The topological polar surface area (TPSA) is 58.6 Å². The molecular formula is C19H16FNO3. The van der Waals surface area contributed by atoms with Crippen molar-refractivity contribution in [2.45, 2.75) is 5.60 Å². The Balaban J connectivity index is 1.63. The molecule has 5 heteroatoms. The van der Waals surface area contributed by atoms with Crippen LogP contribution in [0.3, 0.4) is 0 Å². The van der Waals surface area contributed by atoms with E-state index in [-0.39, 0.29) is 31.5 Å². The fourth-order valence-corrected chi connectivity index (χ4v) is 2.19. The number of amides is 1. The first-order chi connectivity index (χ1) is 11.6. The van der Waals surface area contributed by atoms with E-state index in [2.05, 4.69) is 17.2 Å². The van der Waals surface area contributed by atoms with Crippen molar-refractivity contribution < 1.29 is 19.0 Å². The maximum absolute atomic E-state index is 13.5. The highest BCUT2D eigenvalue weighted by atomic mass is 19.1. The summed E-state index contributed by atoms with van der Waals surface area (Å²) >= 11 is 0. The van der Waals surface area contributed by atoms with Crippen LogP contribution < -0.4 is 5.32 Å². The van der Waals surface area contributed by atoms with Crippen LogP contribution in [0.1, 0.15) is 21.5 Å². The maximum atomic E-state index is 13.5. The van der Waals surface area contributed by atoms with E-state index in [0.29, 0.717) is 16.7 Å². The molecule has 0 unspecified atom stereocenters. The summed E-state index contributed by atoms with van der Waals surface area (Å²) in [5.74, 6) is 4.99. The van der Waals surface area contributed by atoms with E-state index >= 15 is 0 Å². The average molecular weight is 325 g/mol. The molecule has 0 spiro atoms. The second-order valence-corrected chi connectivity index (χ2v) is 5.71. The highest BCUT2D eigenvalue weighted by Crippen LogP contribution is 2.15. The van der Waals surface area contributed by atoms with Gasteiger partial charge in [0.2, 0.25) is 0 Å². The van der Waals surface area contributed by atoms with Gasteiger partial charge in [0, 0.05) is 11.1 Å². The molecule has 2 aromatic carbocycles. The zero-order valence-corrected chi connectivity index (χ0v) is 12.9. The zero-order chi connectivity index (χ0) is 17.0. The van der Waals surface area contributed by atoms with Crippen molar-refractivity contribution in [1.82, 2.24) is 5.32 Å². The molecule has 0 aromatic heterocycles. The van der Waals surface area contributed by atoms with Crippen molar-refractivity contribution in [3.05, 3.63) is 71.0 Å². The van der Waals surface area contributed by atoms with Gasteiger partial charge in [0.25, 0.3) is 5.91 Å². The normalized spacial score (nSPS) is 14.9. The number of ether oxygens (including phenoxy) is 1. The van der Waals surface area contributed by atoms with Gasteiger partial charge >= 0.3 is 0 Å². The number of rotatable bonds is 3. The number of nitrogens with one attached hydrogen (secondary N) is 1. The predicted octanol–water partition coefficient (Wildman–Crippen LogP) is 1.72. The molecule has 4 nitrogen and oxygen atoms in total. The third-order valence-corrected chi connectivity index (χ3v) is 3.68. The van der Waals surface area contributed by atoms with Crippen LogP contribution in [0.5, 0.6) is 0 Å². The Hall–Kier alpha value is -2.68. The van der Waals surface area contributed by atoms with Crippen LogP contribution >= 0.6 is 0 Å². The van der Waals surface area contributed by atoms with Gasteiger partial charge in [-0.15, -0.1) is 0 Å². The standard InChI is InChI=1S/C19H16FNO3/c20-17-4-2-1-3-15(17)8-5-14-6-9-16(10-7-14)18(22)21-11-19(23)12-24-13-19/h1-4,6-7,9-10,23H,11-13H2,(H,21,22). The lowest BCUT2D eigenvalue weighted by Gasteiger charge is -2.36. The van der Waals surface area contributed by atoms with Crippen LogP contribution in [0.2, 0.25) is 0 Å². The van der Waals surface area contributed by atoms with Gasteiger partial charge in [-0.25, -0.2) is 4.39 Å². The van der Waals surface area contributed by atoms with E-state index in [0.717, 1.165) is 0 Å². The monoisotopic (exact) mass is 325 g/mol. The summed E-state index contributed by atoms with van der Waals surface area (Å²) in [5, 5.41) is 12.5. The summed E-state index contributed by atoms with van der Waals surface area (Å²) in [5.41, 5.74) is 0.521. The Bertz CT molecular complexity index is 801. The average Bonchev–Trinajstić information content (AvgIpc) is 2.58. The molecule has 1 saturated heterocycles. The highest BCUT2D eigenvalue weighted by Gasteiger charge is 2.36. The van der Waals surface area contributed by atoms with E-state index in [4.69, 9.17) is 4.74 Å². The first kappa shape index (κ1) is 16.2. The van der Waals surface area contributed by atoms with Crippen molar-refractivity contribution in [3.63, 3.8) is 0 Å². The molecule has 0 atom stereocenters. The van der Waals surface area contributed by atoms with Crippen LogP contribution in [0.15, 0.2) is 48.5 Å². The molecule has 0 bridgehead atoms. The number of halogens is 1. The number of aliphatic hydroxyl groups is 1. The van der Waals surface area contributed by atoms with Crippen molar-refractivity contribution >= 4 is 5.91 Å². The summed E-state index contributed by atoms with van der Waals surface area (Å²) in [6.45, 7) is 0.621. The molecule has 1 fully saturated rings. The third-order valence-electron chi connectivity index (χ3n) is 3.68. The molecule has 0 aliphatic carbocycles. The molecule has 2 aromatic rings. The summed E-state index contributed by atoms with van der Waals surface area (Å²) in [6, 6.07) is 13.0. The summed E-state index contributed by atoms with van der Waals surface area (Å²) in [4.78, 5) is 12.0. The Morgan fingerprint density at radius 3 is 2.50 bits per heavy atom. The van der Waals surface area contributed by atoms with Crippen molar-refractivity contribution in [1.29, 1.82) is 0 Å². The van der Waals surface area contributed by atoms with Crippen LogP contribution in [0, 0.1) is 17.7 Å². The predicted molar refractivity (Wildman–Crippen MR) is 86.9 cm³/mol. The van der Waals surface area contributed by atoms with E-state index < -0.39 is 5.60 Å². The minimum Gasteiger partial charge on any atom is -0.383 e. The minimum atomic E-state index is -0.958. The van der Waals surface area contributed by atoms with Gasteiger partial charge < -0.3 is 15.2 Å². The molecule has 1 heterocycles. The maximum Gasteiger partial charge on any atom is 0.251 e. The molecule has 2 N–H and O–H groups in total. The Morgan fingerprint density at radius 2 is 1.88 bits per heavy atom. The van der Waals surface area contributed by atoms with Gasteiger partial charge in [0.1, 0.15) is 11.4 Å². The van der Waals surface area contributed by atoms with E-state index in [1.165, 1.54) is 6.07 Å². The highest BCUT2D eigenvalue weighted by molar-refractivity contribution is 5.94. The van der Waals surface area contributed by atoms with Crippen LogP contribution in [0.4, 0.5) is 4.39 Å². The molecule has 1 aliphatic rings. The van der Waals surface area contributed by atoms with Gasteiger partial charge in [-0.05, 0) is 36.4 Å². The molecule has 1 amide bonds. The van der Waals surface area contributed by atoms with Gasteiger partial charge in [-0.2, -0.15) is 0 Å². The number of hydrogen-bond acceptors (Lipinski definition) is 3. The van der Waals surface area contributed by atoms with Crippen LogP contribution in [0.25, 0.3) is 0 Å². The van der Waals surface area contributed by atoms with Gasteiger partial charge in [-0.3, -0.25) is 4.79 Å². The smallest absolute Gasteiger partial charge is 0.251 e. The molecular weight excluding hydrogens is 309 g/mol. The zero-order valence-electron chi connectivity index (χ0n) is 12.9. The molecule has 24 heavy (non-hydrogen) atoms. The van der Waals surface area contributed by atoms with Gasteiger partial charge in [0.05, 0.1) is 25.3 Å². The van der Waals surface area contributed by atoms with E-state index in [9.17, 15) is 14.3 Å². The Labute approximate surface area is 139 Å². The lowest BCUT2D eigenvalue weighted by molar-refractivity contribution is -0.173. The number of hydrogen-bond donors (Lipinski definition) is 2. The first-order valence-corrected chi connectivity index (χ1v) is 7.51. The SMILES string of the molecule is O=C(NCC1(O)COC1)c1ccc(C#Cc2ccccc2F)cc1. The van der Waals surface area contributed by atoms with E-state index in [1.807, 2.05) is 0 Å². The number of carbonyl (C=O) groups excluding carboxylic acids is 1. The second-order valence-electron chi connectivity index (χ2n) is 5.71. The Kier molecular flexibility index (Phi) is 4.61. The number of benzene rings is 2. The largest absolute Gasteiger partial charge is 0.383 e. The van der Waals surface area contributed by atoms with Crippen molar-refractivity contribution in [3.8, 4) is 11.8 Å². The second kappa shape index (κ2) is 6.83. The summed E-state index contributed by atoms with van der Waals surface area (Å²) in [6.07, 6.45) is 0. The lowest BCUT2D eigenvalue weighted by atomic mass is 10.0. The quantitative estimate of drug-likeness (QED) is 0.845. The fourth-order valence-electron chi connectivity index (χ4n) is 2.19. The molecule has 1 aliphatic heterocycles. The Morgan fingerprint density at radius 1 is 1.17 bits per heavy atom. The molecule has 3 rings (SSSR count). The lowest BCUT2D eigenvalue weighted by Crippen LogP contribution is -2.56. The number of carbonyl (C=O) groups is 1. The van der Waals surface area contributed by atoms with Gasteiger partial charge in [-0.1, -0.05) is 24.0 Å². The van der Waals surface area contributed by atoms with Crippen LogP contribution in [-0.2, 0) is 4.74 Å². The fraction of sp³-hybridized carbons (Fsp3) is 0.211. The first-order valence-electron chi connectivity index (χ1n) is 7.51. The third kappa shape index (κ3) is 3.80. The molecule has 122 valence electrons. The minimum absolute atomic E-state index is 0.153.